The van der Waals surface area contributed by atoms with Crippen molar-refractivity contribution >= 4 is 11.6 Å². The van der Waals surface area contributed by atoms with E-state index in [9.17, 15) is 0 Å². The van der Waals surface area contributed by atoms with Gasteiger partial charge in [0.15, 0.2) is 5.82 Å². The monoisotopic (exact) mass is 428 g/mol. The Bertz CT molecular complexity index is 1180. The Morgan fingerprint density at radius 1 is 0.935 bits per heavy atom. The molecule has 5 nitrogen and oxygen atoms in total. The quantitative estimate of drug-likeness (QED) is 0.417. The summed E-state index contributed by atoms with van der Waals surface area (Å²) in [5.41, 5.74) is 4.40. The highest BCUT2D eigenvalue weighted by Gasteiger charge is 2.20. The molecule has 0 fully saturated rings. The minimum absolute atomic E-state index is 0.617. The van der Waals surface area contributed by atoms with Crippen molar-refractivity contribution in [3.05, 3.63) is 101 Å². The van der Waals surface area contributed by atoms with E-state index in [1.165, 1.54) is 5.56 Å². The number of aromatic nitrogens is 3. The fraction of sp³-hybridized carbons (Fsp3) is 0.160. The predicted octanol–water partition coefficient (Wildman–Crippen LogP) is 5.54. The fourth-order valence-corrected chi connectivity index (χ4v) is 3.85. The lowest BCUT2D eigenvalue weighted by atomic mass is 10.1. The molecule has 0 spiro atoms. The molecule has 31 heavy (non-hydrogen) atoms. The summed E-state index contributed by atoms with van der Waals surface area (Å²) < 4.78 is 6.02. The topological polar surface area (TPSA) is 51.1 Å². The van der Waals surface area contributed by atoms with Crippen LogP contribution in [0, 0.1) is 0 Å². The summed E-state index contributed by atoms with van der Waals surface area (Å²) in [5.74, 6) is 2.13. The van der Waals surface area contributed by atoms with Crippen LogP contribution in [0.25, 0.3) is 11.4 Å². The van der Waals surface area contributed by atoms with Gasteiger partial charge in [0, 0.05) is 60.2 Å². The first kappa shape index (κ1) is 19.7. The zero-order valence-electron chi connectivity index (χ0n) is 16.9. The predicted molar refractivity (Wildman–Crippen MR) is 121 cm³/mol. The number of hydrogen-bond acceptors (Lipinski definition) is 5. The molecular weight excluding hydrogens is 408 g/mol. The second-order valence-corrected chi connectivity index (χ2v) is 7.95. The van der Waals surface area contributed by atoms with Crippen molar-refractivity contribution in [2.75, 3.05) is 6.54 Å². The minimum atomic E-state index is 0.617. The standard InChI is InChI=1S/C25H21ClN4O/c26-21-8-10-22(11-9-21)31-25-19(7-4-13-27-25)16-30-14-12-23-20(17-30)15-28-24(29-23)18-5-2-1-3-6-18/h1-11,13,15H,12,14,16-17H2. The molecular formula is C25H21ClN4O. The van der Waals surface area contributed by atoms with Gasteiger partial charge >= 0.3 is 0 Å². The van der Waals surface area contributed by atoms with E-state index >= 15 is 0 Å². The van der Waals surface area contributed by atoms with E-state index in [0.717, 1.165) is 54.4 Å². The molecule has 0 radical (unpaired) electrons. The maximum absolute atomic E-state index is 6.02. The summed E-state index contributed by atoms with van der Waals surface area (Å²) in [6.07, 6.45) is 4.61. The van der Waals surface area contributed by atoms with Gasteiger partial charge in [-0.15, -0.1) is 0 Å². The lowest BCUT2D eigenvalue weighted by Crippen LogP contribution is -2.31. The van der Waals surface area contributed by atoms with Gasteiger partial charge in [0.1, 0.15) is 5.75 Å². The van der Waals surface area contributed by atoms with E-state index < -0.39 is 0 Å². The van der Waals surface area contributed by atoms with Crippen LogP contribution >= 0.6 is 11.6 Å². The molecule has 0 unspecified atom stereocenters. The number of benzene rings is 2. The summed E-state index contributed by atoms with van der Waals surface area (Å²) in [6.45, 7) is 2.48. The van der Waals surface area contributed by atoms with Crippen LogP contribution in [0.2, 0.25) is 5.02 Å². The van der Waals surface area contributed by atoms with Crippen molar-refractivity contribution in [3.8, 4) is 23.0 Å². The first-order valence-corrected chi connectivity index (χ1v) is 10.6. The molecule has 0 saturated carbocycles. The number of pyridine rings is 1. The zero-order chi connectivity index (χ0) is 21.0. The van der Waals surface area contributed by atoms with E-state index in [2.05, 4.69) is 20.9 Å². The first-order valence-electron chi connectivity index (χ1n) is 10.2. The largest absolute Gasteiger partial charge is 0.439 e. The molecule has 5 rings (SSSR count). The third-order valence-electron chi connectivity index (χ3n) is 5.32. The van der Waals surface area contributed by atoms with E-state index in [1.807, 2.05) is 66.9 Å². The number of ether oxygens (including phenoxy) is 1. The lowest BCUT2D eigenvalue weighted by molar-refractivity contribution is 0.239. The van der Waals surface area contributed by atoms with Gasteiger partial charge in [-0.05, 0) is 30.3 Å². The van der Waals surface area contributed by atoms with Crippen molar-refractivity contribution in [2.24, 2.45) is 0 Å². The van der Waals surface area contributed by atoms with Crippen LogP contribution in [0.15, 0.2) is 79.1 Å². The highest BCUT2D eigenvalue weighted by Crippen LogP contribution is 2.27. The Hall–Kier alpha value is -3.28. The molecule has 1 aliphatic heterocycles. The van der Waals surface area contributed by atoms with Gasteiger partial charge in [-0.2, -0.15) is 0 Å². The van der Waals surface area contributed by atoms with Crippen molar-refractivity contribution in [2.45, 2.75) is 19.5 Å². The third kappa shape index (κ3) is 4.58. The molecule has 0 bridgehead atoms. The zero-order valence-corrected chi connectivity index (χ0v) is 17.7. The van der Waals surface area contributed by atoms with E-state index in [0.29, 0.717) is 10.9 Å². The van der Waals surface area contributed by atoms with Crippen molar-refractivity contribution in [3.63, 3.8) is 0 Å². The average molecular weight is 429 g/mol. The maximum atomic E-state index is 6.02. The minimum Gasteiger partial charge on any atom is -0.439 e. The molecule has 6 heteroatoms. The smallest absolute Gasteiger partial charge is 0.223 e. The fourth-order valence-electron chi connectivity index (χ4n) is 3.73. The van der Waals surface area contributed by atoms with Crippen LogP contribution in [-0.4, -0.2) is 26.4 Å². The van der Waals surface area contributed by atoms with E-state index in [-0.39, 0.29) is 0 Å². The summed E-state index contributed by atoms with van der Waals surface area (Å²) >= 11 is 5.97. The lowest BCUT2D eigenvalue weighted by Gasteiger charge is -2.28. The van der Waals surface area contributed by atoms with Crippen LogP contribution in [0.1, 0.15) is 16.8 Å². The number of hydrogen-bond donors (Lipinski definition) is 0. The molecule has 2 aromatic heterocycles. The third-order valence-corrected chi connectivity index (χ3v) is 5.57. The summed E-state index contributed by atoms with van der Waals surface area (Å²) in [7, 11) is 0. The Balaban J connectivity index is 1.31. The highest BCUT2D eigenvalue weighted by atomic mass is 35.5. The Morgan fingerprint density at radius 3 is 2.61 bits per heavy atom. The van der Waals surface area contributed by atoms with Gasteiger partial charge in [0.25, 0.3) is 0 Å². The summed E-state index contributed by atoms with van der Waals surface area (Å²) in [5, 5.41) is 0.679. The molecule has 3 heterocycles. The van der Waals surface area contributed by atoms with Crippen LogP contribution < -0.4 is 4.74 Å². The molecule has 0 amide bonds. The molecule has 0 saturated heterocycles. The van der Waals surface area contributed by atoms with Crippen LogP contribution in [0.3, 0.4) is 0 Å². The van der Waals surface area contributed by atoms with E-state index in [4.69, 9.17) is 21.3 Å². The SMILES string of the molecule is Clc1ccc(Oc2ncccc2CN2CCc3nc(-c4ccccc4)ncc3C2)cc1. The average Bonchev–Trinajstić information content (AvgIpc) is 2.82. The second-order valence-electron chi connectivity index (χ2n) is 7.52. The Morgan fingerprint density at radius 2 is 1.77 bits per heavy atom. The van der Waals surface area contributed by atoms with E-state index in [1.54, 1.807) is 6.20 Å². The summed E-state index contributed by atoms with van der Waals surface area (Å²) in [4.78, 5) is 16.2. The van der Waals surface area contributed by atoms with Gasteiger partial charge in [-0.25, -0.2) is 15.0 Å². The van der Waals surface area contributed by atoms with Crippen molar-refractivity contribution in [1.29, 1.82) is 0 Å². The van der Waals surface area contributed by atoms with Crippen molar-refractivity contribution in [1.82, 2.24) is 19.9 Å². The van der Waals surface area contributed by atoms with Gasteiger partial charge in [0.05, 0.1) is 5.69 Å². The maximum Gasteiger partial charge on any atom is 0.223 e. The Labute approximate surface area is 186 Å². The summed E-state index contributed by atoms with van der Waals surface area (Å²) in [6, 6.07) is 21.4. The Kier molecular flexibility index (Phi) is 5.61. The number of fused-ring (bicyclic) bond motifs is 1. The molecule has 0 N–H and O–H groups in total. The molecule has 0 aliphatic carbocycles. The number of halogens is 1. The molecule has 0 atom stereocenters. The normalized spacial score (nSPS) is 13.6. The van der Waals surface area contributed by atoms with Crippen LogP contribution in [-0.2, 0) is 19.5 Å². The highest BCUT2D eigenvalue weighted by molar-refractivity contribution is 6.30. The van der Waals surface area contributed by atoms with Gasteiger partial charge in [-0.3, -0.25) is 4.90 Å². The molecule has 1 aliphatic rings. The molecule has 4 aromatic rings. The van der Waals surface area contributed by atoms with Gasteiger partial charge < -0.3 is 4.74 Å². The number of rotatable bonds is 5. The first-order chi connectivity index (χ1) is 15.2. The number of nitrogens with zero attached hydrogens (tertiary/aromatic N) is 4. The molecule has 2 aromatic carbocycles. The van der Waals surface area contributed by atoms with Crippen LogP contribution in [0.5, 0.6) is 11.6 Å². The van der Waals surface area contributed by atoms with Crippen molar-refractivity contribution < 1.29 is 4.74 Å². The second kappa shape index (κ2) is 8.84. The van der Waals surface area contributed by atoms with Gasteiger partial charge in [0.2, 0.25) is 5.88 Å². The molecule has 154 valence electrons. The van der Waals surface area contributed by atoms with Crippen LogP contribution in [0.4, 0.5) is 0 Å². The van der Waals surface area contributed by atoms with Gasteiger partial charge in [-0.1, -0.05) is 48.0 Å².